The van der Waals surface area contributed by atoms with Gasteiger partial charge in [-0.15, -0.1) is 0 Å². The zero-order chi connectivity index (χ0) is 26.8. The Morgan fingerprint density at radius 1 is 1.05 bits per heavy atom. The minimum absolute atomic E-state index is 0.0621. The molecule has 0 unspecified atom stereocenters. The van der Waals surface area contributed by atoms with Gasteiger partial charge < -0.3 is 25.5 Å². The summed E-state index contributed by atoms with van der Waals surface area (Å²) < 4.78 is 10.4. The van der Waals surface area contributed by atoms with Crippen LogP contribution in [0.4, 0.5) is 0 Å². The number of aromatic nitrogens is 2. The van der Waals surface area contributed by atoms with Gasteiger partial charge in [0.25, 0.3) is 11.8 Å². The van der Waals surface area contributed by atoms with Crippen molar-refractivity contribution in [1.29, 1.82) is 0 Å². The number of Topliss-reactive ketones (excluding diaryl/α,β-unsaturated/α-hetero) is 1. The molecule has 10 heteroatoms. The van der Waals surface area contributed by atoms with Crippen LogP contribution in [-0.2, 0) is 11.2 Å². The second-order valence-electron chi connectivity index (χ2n) is 8.49. The number of primary amides is 1. The number of nitrogens with zero attached hydrogens (tertiary/aromatic N) is 1. The van der Waals surface area contributed by atoms with Gasteiger partial charge >= 0.3 is 5.97 Å². The molecule has 0 fully saturated rings. The zero-order valence-electron chi connectivity index (χ0n) is 20.2. The summed E-state index contributed by atoms with van der Waals surface area (Å²) in [5, 5.41) is 2.84. The van der Waals surface area contributed by atoms with Crippen LogP contribution in [0.25, 0.3) is 17.1 Å². The van der Waals surface area contributed by atoms with Gasteiger partial charge in [-0.05, 0) is 48.0 Å². The molecule has 190 valence electrons. The van der Waals surface area contributed by atoms with Crippen molar-refractivity contribution in [3.8, 4) is 5.75 Å². The monoisotopic (exact) mass is 510 g/mol. The number of H-pyrrole nitrogens is 1. The zero-order valence-corrected chi connectivity index (χ0v) is 20.2. The van der Waals surface area contributed by atoms with Crippen molar-refractivity contribution in [2.75, 3.05) is 13.7 Å². The third-order valence-electron chi connectivity index (χ3n) is 6.05. The van der Waals surface area contributed by atoms with E-state index < -0.39 is 11.9 Å². The molecule has 0 aliphatic carbocycles. The first-order valence-electron chi connectivity index (χ1n) is 11.7. The molecule has 10 nitrogen and oxygen atoms in total. The molecule has 1 aliphatic heterocycles. The number of ketones is 1. The highest BCUT2D eigenvalue weighted by atomic mass is 16.5. The van der Waals surface area contributed by atoms with Gasteiger partial charge in [0.05, 0.1) is 29.3 Å². The number of aromatic amines is 1. The summed E-state index contributed by atoms with van der Waals surface area (Å²) in [4.78, 5) is 56.5. The fraction of sp³-hybridized carbons (Fsp3) is 0.107. The van der Waals surface area contributed by atoms with Crippen molar-refractivity contribution in [2.45, 2.75) is 6.42 Å². The van der Waals surface area contributed by atoms with E-state index in [2.05, 4.69) is 15.3 Å². The predicted octanol–water partition coefficient (Wildman–Crippen LogP) is 3.04. The Bertz CT molecular complexity index is 1640. The van der Waals surface area contributed by atoms with E-state index in [4.69, 9.17) is 15.2 Å². The summed E-state index contributed by atoms with van der Waals surface area (Å²) in [7, 11) is 1.32. The lowest BCUT2D eigenvalue weighted by Crippen LogP contribution is -2.25. The van der Waals surface area contributed by atoms with Crippen LogP contribution in [0, 0.1) is 0 Å². The van der Waals surface area contributed by atoms with Gasteiger partial charge in [-0.25, -0.2) is 9.78 Å². The fourth-order valence-corrected chi connectivity index (χ4v) is 4.16. The lowest BCUT2D eigenvalue weighted by molar-refractivity contribution is 0.0602. The van der Waals surface area contributed by atoms with Gasteiger partial charge in [0.1, 0.15) is 11.3 Å². The first kappa shape index (κ1) is 24.4. The Morgan fingerprint density at radius 3 is 2.53 bits per heavy atom. The molecular formula is C28H22N4O6. The summed E-state index contributed by atoms with van der Waals surface area (Å²) in [5.41, 5.74) is 8.45. The number of nitrogens with one attached hydrogen (secondary N) is 2. The summed E-state index contributed by atoms with van der Waals surface area (Å²) >= 11 is 0. The minimum Gasteiger partial charge on any atom is -0.465 e. The normalized spacial score (nSPS) is 13.3. The first-order valence-corrected chi connectivity index (χ1v) is 11.7. The molecule has 2 amide bonds. The molecular weight excluding hydrogens is 488 g/mol. The number of esters is 1. The molecule has 0 bridgehead atoms. The van der Waals surface area contributed by atoms with Crippen molar-refractivity contribution >= 4 is 40.7 Å². The Kier molecular flexibility index (Phi) is 6.44. The van der Waals surface area contributed by atoms with Crippen LogP contribution in [0.5, 0.6) is 5.75 Å². The number of fused-ring (bicyclic) bond motifs is 2. The SMILES string of the molecule is COC(=O)c1cccc2[nH]c(CCNC(=O)c3ccc(/C=C4\Oc5c(C(N)=O)cccc5C4=O)cc3)nc12. The average Bonchev–Trinajstić information content (AvgIpc) is 3.48. The topological polar surface area (TPSA) is 153 Å². The maximum atomic E-state index is 12.7. The van der Waals surface area contributed by atoms with Crippen molar-refractivity contribution in [2.24, 2.45) is 5.73 Å². The smallest absolute Gasteiger partial charge is 0.340 e. The van der Waals surface area contributed by atoms with Gasteiger partial charge in [0.2, 0.25) is 5.78 Å². The molecule has 4 aromatic rings. The molecule has 3 aromatic carbocycles. The molecule has 4 N–H and O–H groups in total. The highest BCUT2D eigenvalue weighted by Gasteiger charge is 2.30. The van der Waals surface area contributed by atoms with Crippen molar-refractivity contribution in [3.63, 3.8) is 0 Å². The van der Waals surface area contributed by atoms with E-state index in [0.29, 0.717) is 46.5 Å². The number of methoxy groups -OCH3 is 1. The largest absolute Gasteiger partial charge is 0.465 e. The van der Waals surface area contributed by atoms with Crippen LogP contribution in [0.3, 0.4) is 0 Å². The number of rotatable bonds is 7. The standard InChI is InChI=1S/C28H22N4O6/c1-37-28(36)17-4-3-7-20-23(17)32-22(31-20)12-13-30-27(35)16-10-8-15(9-11-16)14-21-24(33)18-5-2-6-19(26(29)34)25(18)38-21/h2-11,14H,12-13H2,1H3,(H2,29,34)(H,30,35)(H,31,32)/b21-14-. The summed E-state index contributed by atoms with van der Waals surface area (Å²) in [6.45, 7) is 0.320. The number of hydrogen-bond donors (Lipinski definition) is 3. The number of hydrogen-bond acceptors (Lipinski definition) is 7. The number of amides is 2. The average molecular weight is 511 g/mol. The Hall–Kier alpha value is -5.25. The van der Waals surface area contributed by atoms with Crippen LogP contribution in [0.15, 0.2) is 66.4 Å². The van der Waals surface area contributed by atoms with E-state index >= 15 is 0 Å². The predicted molar refractivity (Wildman–Crippen MR) is 138 cm³/mol. The molecule has 0 spiro atoms. The van der Waals surface area contributed by atoms with Crippen LogP contribution < -0.4 is 15.8 Å². The van der Waals surface area contributed by atoms with Gasteiger partial charge in [0, 0.05) is 18.5 Å². The number of para-hydroxylation sites is 2. The maximum Gasteiger partial charge on any atom is 0.340 e. The lowest BCUT2D eigenvalue weighted by Gasteiger charge is -2.05. The number of carbonyl (C=O) groups excluding carboxylic acids is 4. The number of carbonyl (C=O) groups is 4. The maximum absolute atomic E-state index is 12.7. The van der Waals surface area contributed by atoms with E-state index in [1.54, 1.807) is 54.6 Å². The Balaban J connectivity index is 1.22. The van der Waals surface area contributed by atoms with Crippen LogP contribution in [0.1, 0.15) is 52.8 Å². The van der Waals surface area contributed by atoms with Crippen molar-refractivity contribution < 1.29 is 28.7 Å². The molecule has 5 rings (SSSR count). The third kappa shape index (κ3) is 4.62. The summed E-state index contributed by atoms with van der Waals surface area (Å²) in [6.07, 6.45) is 1.97. The number of ether oxygens (including phenoxy) is 2. The Morgan fingerprint density at radius 2 is 1.79 bits per heavy atom. The summed E-state index contributed by atoms with van der Waals surface area (Å²) in [5.74, 6) is -0.940. The molecule has 38 heavy (non-hydrogen) atoms. The molecule has 0 saturated heterocycles. The lowest BCUT2D eigenvalue weighted by atomic mass is 10.1. The second kappa shape index (κ2) is 10.0. The number of imidazole rings is 1. The van der Waals surface area contributed by atoms with E-state index in [1.165, 1.54) is 13.2 Å². The number of benzene rings is 3. The minimum atomic E-state index is -0.683. The first-order chi connectivity index (χ1) is 18.4. The van der Waals surface area contributed by atoms with Crippen LogP contribution in [0.2, 0.25) is 0 Å². The highest BCUT2D eigenvalue weighted by molar-refractivity contribution is 6.16. The molecule has 0 saturated carbocycles. The van der Waals surface area contributed by atoms with Crippen molar-refractivity contribution in [1.82, 2.24) is 15.3 Å². The molecule has 1 aromatic heterocycles. The van der Waals surface area contributed by atoms with E-state index in [0.717, 1.165) is 0 Å². The van der Waals surface area contributed by atoms with E-state index in [-0.39, 0.29) is 34.3 Å². The van der Waals surface area contributed by atoms with Crippen LogP contribution >= 0.6 is 0 Å². The summed E-state index contributed by atoms with van der Waals surface area (Å²) in [6, 6.07) is 16.5. The van der Waals surface area contributed by atoms with Gasteiger partial charge in [0.15, 0.2) is 11.5 Å². The molecule has 1 aliphatic rings. The number of allylic oxidation sites excluding steroid dienone is 1. The highest BCUT2D eigenvalue weighted by Crippen LogP contribution is 2.35. The Labute approximate surface area is 216 Å². The van der Waals surface area contributed by atoms with E-state index in [1.807, 2.05) is 6.07 Å². The van der Waals surface area contributed by atoms with Crippen molar-refractivity contribution in [3.05, 3.63) is 100 Å². The molecule has 2 heterocycles. The molecule has 0 radical (unpaired) electrons. The van der Waals surface area contributed by atoms with Gasteiger partial charge in [-0.1, -0.05) is 24.3 Å². The van der Waals surface area contributed by atoms with E-state index in [9.17, 15) is 19.2 Å². The quantitative estimate of drug-likeness (QED) is 0.255. The second-order valence-corrected chi connectivity index (χ2v) is 8.49. The molecule has 0 atom stereocenters. The third-order valence-corrected chi connectivity index (χ3v) is 6.05. The van der Waals surface area contributed by atoms with Gasteiger partial charge in [-0.2, -0.15) is 0 Å². The fourth-order valence-electron chi connectivity index (χ4n) is 4.16. The number of nitrogens with two attached hydrogens (primary N) is 1. The van der Waals surface area contributed by atoms with Crippen LogP contribution in [-0.4, -0.2) is 47.2 Å². The van der Waals surface area contributed by atoms with Gasteiger partial charge in [-0.3, -0.25) is 14.4 Å².